The minimum absolute atomic E-state index is 0.120. The van der Waals surface area contributed by atoms with Crippen LogP contribution in [0.25, 0.3) is 11.1 Å². The molecule has 2 aromatic rings. The minimum Gasteiger partial charge on any atom is -0.506 e. The average Bonchev–Trinajstić information content (AvgIpc) is 2.32. The molecule has 3 heteroatoms. The topological polar surface area (TPSA) is 20.2 Å². The van der Waals surface area contributed by atoms with E-state index in [1.54, 1.807) is 23.9 Å². The second kappa shape index (κ2) is 4.81. The van der Waals surface area contributed by atoms with Crippen molar-refractivity contribution in [2.24, 2.45) is 0 Å². The van der Waals surface area contributed by atoms with Crippen molar-refractivity contribution in [2.45, 2.75) is 4.90 Å². The van der Waals surface area contributed by atoms with E-state index in [0.717, 1.165) is 11.1 Å². The summed E-state index contributed by atoms with van der Waals surface area (Å²) in [5.41, 5.74) is 2.09. The maximum Gasteiger partial charge on any atom is 0.134 e. The van der Waals surface area contributed by atoms with Crippen LogP contribution >= 0.6 is 23.4 Å². The third kappa shape index (κ3) is 2.18. The number of rotatable bonds is 2. The average molecular weight is 251 g/mol. The van der Waals surface area contributed by atoms with Crippen LogP contribution in [0.1, 0.15) is 0 Å². The van der Waals surface area contributed by atoms with Crippen LogP contribution in [0.2, 0.25) is 5.02 Å². The molecule has 0 fully saturated rings. The molecule has 0 atom stereocenters. The fourth-order valence-electron chi connectivity index (χ4n) is 1.56. The number of hydrogen-bond donors (Lipinski definition) is 1. The molecule has 0 heterocycles. The van der Waals surface area contributed by atoms with Crippen LogP contribution in [0.4, 0.5) is 0 Å². The van der Waals surface area contributed by atoms with Gasteiger partial charge < -0.3 is 5.11 Å². The van der Waals surface area contributed by atoms with Gasteiger partial charge in [0.1, 0.15) is 5.75 Å². The smallest absolute Gasteiger partial charge is 0.134 e. The van der Waals surface area contributed by atoms with Gasteiger partial charge in [-0.25, -0.2) is 0 Å². The van der Waals surface area contributed by atoms with Gasteiger partial charge in [0, 0.05) is 4.90 Å². The number of aromatic hydroxyl groups is 1. The molecule has 0 amide bonds. The monoisotopic (exact) mass is 250 g/mol. The lowest BCUT2D eigenvalue weighted by Gasteiger charge is -2.08. The first-order valence-corrected chi connectivity index (χ1v) is 6.44. The van der Waals surface area contributed by atoms with Crippen molar-refractivity contribution in [1.29, 1.82) is 0 Å². The molecular formula is C13H11ClOS. The second-order valence-electron chi connectivity index (χ2n) is 3.37. The summed E-state index contributed by atoms with van der Waals surface area (Å²) in [6.45, 7) is 0. The van der Waals surface area contributed by atoms with Crippen molar-refractivity contribution in [3.8, 4) is 16.9 Å². The quantitative estimate of drug-likeness (QED) is 0.796. The van der Waals surface area contributed by atoms with Crippen LogP contribution in [0.5, 0.6) is 5.75 Å². The van der Waals surface area contributed by atoms with E-state index in [0.29, 0.717) is 5.02 Å². The molecule has 2 aromatic carbocycles. The molecule has 0 bridgehead atoms. The van der Waals surface area contributed by atoms with Gasteiger partial charge in [0.2, 0.25) is 0 Å². The minimum atomic E-state index is 0.120. The van der Waals surface area contributed by atoms with Crippen molar-refractivity contribution in [3.63, 3.8) is 0 Å². The number of thioether (sulfide) groups is 1. The molecule has 1 nitrogen and oxygen atoms in total. The van der Waals surface area contributed by atoms with Crippen LogP contribution in [-0.4, -0.2) is 11.4 Å². The number of halogens is 1. The Labute approximate surface area is 104 Å². The highest BCUT2D eigenvalue weighted by Gasteiger charge is 2.06. The SMILES string of the molecule is CSc1ccccc1-c1ccc(Cl)c(O)c1. The summed E-state index contributed by atoms with van der Waals surface area (Å²) < 4.78 is 0. The lowest BCUT2D eigenvalue weighted by Crippen LogP contribution is -1.81. The molecule has 2 rings (SSSR count). The van der Waals surface area contributed by atoms with Crippen LogP contribution in [-0.2, 0) is 0 Å². The zero-order valence-corrected chi connectivity index (χ0v) is 10.3. The predicted octanol–water partition coefficient (Wildman–Crippen LogP) is 4.43. The van der Waals surface area contributed by atoms with Gasteiger partial charge in [0.25, 0.3) is 0 Å². The summed E-state index contributed by atoms with van der Waals surface area (Å²) in [4.78, 5) is 1.18. The van der Waals surface area contributed by atoms with Crippen LogP contribution in [0.15, 0.2) is 47.4 Å². The van der Waals surface area contributed by atoms with Gasteiger partial charge in [-0.3, -0.25) is 0 Å². The third-order valence-corrected chi connectivity index (χ3v) is 3.48. The third-order valence-electron chi connectivity index (χ3n) is 2.36. The molecule has 0 radical (unpaired) electrons. The van der Waals surface area contributed by atoms with E-state index in [4.69, 9.17) is 11.6 Å². The normalized spacial score (nSPS) is 10.4. The highest BCUT2D eigenvalue weighted by Crippen LogP contribution is 2.34. The van der Waals surface area contributed by atoms with Crippen molar-refractivity contribution < 1.29 is 5.11 Å². The Kier molecular flexibility index (Phi) is 3.42. The zero-order chi connectivity index (χ0) is 11.5. The Morgan fingerprint density at radius 3 is 2.56 bits per heavy atom. The van der Waals surface area contributed by atoms with Gasteiger partial charge >= 0.3 is 0 Å². The van der Waals surface area contributed by atoms with Crippen molar-refractivity contribution >= 4 is 23.4 Å². The molecule has 0 saturated heterocycles. The number of benzene rings is 2. The maximum atomic E-state index is 9.59. The molecule has 0 aromatic heterocycles. The molecule has 1 N–H and O–H groups in total. The van der Waals surface area contributed by atoms with E-state index < -0.39 is 0 Å². The fraction of sp³-hybridized carbons (Fsp3) is 0.0769. The molecule has 0 aliphatic carbocycles. The van der Waals surface area contributed by atoms with Gasteiger partial charge in [-0.05, 0) is 35.6 Å². The maximum absolute atomic E-state index is 9.59. The zero-order valence-electron chi connectivity index (χ0n) is 8.77. The molecular weight excluding hydrogens is 240 g/mol. The van der Waals surface area contributed by atoms with Crippen LogP contribution in [0, 0.1) is 0 Å². The van der Waals surface area contributed by atoms with E-state index in [1.165, 1.54) is 4.90 Å². The number of hydrogen-bond acceptors (Lipinski definition) is 2. The molecule has 0 saturated carbocycles. The summed E-state index contributed by atoms with van der Waals surface area (Å²) in [5, 5.41) is 9.97. The van der Waals surface area contributed by atoms with Crippen molar-refractivity contribution in [2.75, 3.05) is 6.26 Å². The van der Waals surface area contributed by atoms with E-state index in [9.17, 15) is 5.11 Å². The van der Waals surface area contributed by atoms with Gasteiger partial charge in [-0.2, -0.15) is 0 Å². The van der Waals surface area contributed by atoms with E-state index in [-0.39, 0.29) is 5.75 Å². The standard InChI is InChI=1S/C13H11ClOS/c1-16-13-5-3-2-4-10(13)9-6-7-11(14)12(15)8-9/h2-8,15H,1H3. The van der Waals surface area contributed by atoms with E-state index in [2.05, 4.69) is 6.07 Å². The highest BCUT2D eigenvalue weighted by atomic mass is 35.5. The van der Waals surface area contributed by atoms with Gasteiger partial charge in [-0.15, -0.1) is 11.8 Å². The lowest BCUT2D eigenvalue weighted by molar-refractivity contribution is 0.476. The molecule has 0 spiro atoms. The van der Waals surface area contributed by atoms with Crippen molar-refractivity contribution in [1.82, 2.24) is 0 Å². The van der Waals surface area contributed by atoms with Crippen LogP contribution in [0.3, 0.4) is 0 Å². The van der Waals surface area contributed by atoms with Gasteiger partial charge in [-0.1, -0.05) is 35.9 Å². The Balaban J connectivity index is 2.54. The molecule has 0 aliphatic rings. The number of phenols is 1. The van der Waals surface area contributed by atoms with Gasteiger partial charge in [0.15, 0.2) is 0 Å². The Hall–Kier alpha value is -1.12. The van der Waals surface area contributed by atoms with Gasteiger partial charge in [0.05, 0.1) is 5.02 Å². The highest BCUT2D eigenvalue weighted by molar-refractivity contribution is 7.98. The summed E-state index contributed by atoms with van der Waals surface area (Å²) in [5.74, 6) is 0.120. The number of phenolic OH excluding ortho intramolecular Hbond substituents is 1. The summed E-state index contributed by atoms with van der Waals surface area (Å²) in [6, 6.07) is 13.4. The van der Waals surface area contributed by atoms with Crippen molar-refractivity contribution in [3.05, 3.63) is 47.5 Å². The summed E-state index contributed by atoms with van der Waals surface area (Å²) >= 11 is 7.47. The Bertz CT molecular complexity index is 511. The molecule has 16 heavy (non-hydrogen) atoms. The molecule has 0 unspecified atom stereocenters. The summed E-state index contributed by atoms with van der Waals surface area (Å²) in [6.07, 6.45) is 2.04. The Morgan fingerprint density at radius 2 is 1.88 bits per heavy atom. The largest absolute Gasteiger partial charge is 0.506 e. The lowest BCUT2D eigenvalue weighted by atomic mass is 10.1. The Morgan fingerprint density at radius 1 is 1.12 bits per heavy atom. The van der Waals surface area contributed by atoms with Crippen LogP contribution < -0.4 is 0 Å². The first-order chi connectivity index (χ1) is 7.72. The van der Waals surface area contributed by atoms with E-state index in [1.807, 2.05) is 30.5 Å². The second-order valence-corrected chi connectivity index (χ2v) is 4.62. The molecule has 0 aliphatic heterocycles. The predicted molar refractivity (Wildman–Crippen MR) is 70.3 cm³/mol. The molecule has 82 valence electrons. The summed E-state index contributed by atoms with van der Waals surface area (Å²) in [7, 11) is 0. The first-order valence-electron chi connectivity index (χ1n) is 4.84. The van der Waals surface area contributed by atoms with E-state index >= 15 is 0 Å². The first kappa shape index (κ1) is 11.4. The fourth-order valence-corrected chi connectivity index (χ4v) is 2.30.